The number of thioether (sulfide) groups is 1. The van der Waals surface area contributed by atoms with E-state index in [-0.39, 0.29) is 11.6 Å². The van der Waals surface area contributed by atoms with E-state index >= 15 is 0 Å². The number of rotatable bonds is 5. The first-order valence-electron chi connectivity index (χ1n) is 5.41. The zero-order chi connectivity index (χ0) is 12.8. The lowest BCUT2D eigenvalue weighted by Gasteiger charge is -2.07. The highest BCUT2D eigenvalue weighted by Gasteiger charge is 2.05. The molecule has 0 unspecified atom stereocenters. The van der Waals surface area contributed by atoms with Crippen LogP contribution in [0.5, 0.6) is 0 Å². The van der Waals surface area contributed by atoms with E-state index in [1.807, 2.05) is 0 Å². The van der Waals surface area contributed by atoms with Crippen LogP contribution in [-0.2, 0) is 4.79 Å². The molecule has 0 saturated carbocycles. The summed E-state index contributed by atoms with van der Waals surface area (Å²) >= 11 is 1.58. The van der Waals surface area contributed by atoms with Gasteiger partial charge in [0.1, 0.15) is 5.82 Å². The molecule has 1 aromatic carbocycles. The molecule has 0 radical (unpaired) electrons. The van der Waals surface area contributed by atoms with Crippen LogP contribution in [0, 0.1) is 11.7 Å². The molecular formula is C12H17FN2OS. The summed E-state index contributed by atoms with van der Waals surface area (Å²) in [6, 6.07) is 4.16. The molecule has 1 aromatic rings. The van der Waals surface area contributed by atoms with Crippen LogP contribution in [0.25, 0.3) is 0 Å². The van der Waals surface area contributed by atoms with Crippen LogP contribution in [0.3, 0.4) is 0 Å². The fraction of sp³-hybridized carbons (Fsp3) is 0.417. The quantitative estimate of drug-likeness (QED) is 0.796. The fourth-order valence-corrected chi connectivity index (χ4v) is 2.05. The highest BCUT2D eigenvalue weighted by Crippen LogP contribution is 2.16. The Morgan fingerprint density at radius 1 is 1.53 bits per heavy atom. The molecule has 3 N–H and O–H groups in total. The molecule has 0 spiro atoms. The van der Waals surface area contributed by atoms with E-state index in [1.54, 1.807) is 11.8 Å². The maximum atomic E-state index is 12.9. The van der Waals surface area contributed by atoms with Crippen LogP contribution in [0.2, 0.25) is 0 Å². The van der Waals surface area contributed by atoms with Gasteiger partial charge in [-0.3, -0.25) is 4.79 Å². The lowest BCUT2D eigenvalue weighted by Crippen LogP contribution is -2.15. The third-order valence-electron chi connectivity index (χ3n) is 1.96. The third-order valence-corrected chi connectivity index (χ3v) is 3.33. The summed E-state index contributed by atoms with van der Waals surface area (Å²) in [7, 11) is 0. The molecule has 0 aliphatic rings. The standard InChI is InChI=1S/C12H17FN2OS/c1-8(2)6-17-7-12(16)15-9-3-4-10(13)11(14)5-9/h3-5,8H,6-7,14H2,1-2H3,(H,15,16). The van der Waals surface area contributed by atoms with Crippen LogP contribution in [-0.4, -0.2) is 17.4 Å². The minimum atomic E-state index is -0.475. The number of carbonyl (C=O) groups excluding carboxylic acids is 1. The average Bonchev–Trinajstić information content (AvgIpc) is 2.23. The molecule has 5 heteroatoms. The largest absolute Gasteiger partial charge is 0.396 e. The third kappa shape index (κ3) is 5.08. The maximum Gasteiger partial charge on any atom is 0.234 e. The summed E-state index contributed by atoms with van der Waals surface area (Å²) < 4.78 is 12.9. The van der Waals surface area contributed by atoms with Crippen molar-refractivity contribution in [1.82, 2.24) is 0 Å². The van der Waals surface area contributed by atoms with Gasteiger partial charge in [-0.25, -0.2) is 4.39 Å². The van der Waals surface area contributed by atoms with Crippen molar-refractivity contribution in [1.29, 1.82) is 0 Å². The molecule has 3 nitrogen and oxygen atoms in total. The summed E-state index contributed by atoms with van der Waals surface area (Å²) in [5, 5.41) is 2.68. The van der Waals surface area contributed by atoms with E-state index in [1.165, 1.54) is 18.2 Å². The molecule has 0 aliphatic carbocycles. The van der Waals surface area contributed by atoms with Gasteiger partial charge in [0.05, 0.1) is 11.4 Å². The van der Waals surface area contributed by atoms with Crippen molar-refractivity contribution < 1.29 is 9.18 Å². The van der Waals surface area contributed by atoms with Gasteiger partial charge < -0.3 is 11.1 Å². The predicted molar refractivity (Wildman–Crippen MR) is 71.6 cm³/mol. The SMILES string of the molecule is CC(C)CSCC(=O)Nc1ccc(F)c(N)c1. The van der Waals surface area contributed by atoms with Crippen molar-refractivity contribution in [3.05, 3.63) is 24.0 Å². The van der Waals surface area contributed by atoms with Crippen LogP contribution in [0.4, 0.5) is 15.8 Å². The van der Waals surface area contributed by atoms with Crippen molar-refractivity contribution in [3.8, 4) is 0 Å². The van der Waals surface area contributed by atoms with Crippen molar-refractivity contribution in [3.63, 3.8) is 0 Å². The Balaban J connectivity index is 2.42. The second-order valence-electron chi connectivity index (χ2n) is 4.19. The molecule has 94 valence electrons. The second-order valence-corrected chi connectivity index (χ2v) is 5.22. The number of carbonyl (C=O) groups is 1. The number of nitrogens with two attached hydrogens (primary N) is 1. The van der Waals surface area contributed by atoms with Crippen LogP contribution in [0.1, 0.15) is 13.8 Å². The molecular weight excluding hydrogens is 239 g/mol. The number of anilines is 2. The summed E-state index contributed by atoms with van der Waals surface area (Å²) in [5.41, 5.74) is 5.97. The number of amides is 1. The maximum absolute atomic E-state index is 12.9. The van der Waals surface area contributed by atoms with E-state index in [2.05, 4.69) is 19.2 Å². The Morgan fingerprint density at radius 2 is 2.24 bits per heavy atom. The van der Waals surface area contributed by atoms with Crippen molar-refractivity contribution >= 4 is 29.0 Å². The Labute approximate surface area is 105 Å². The number of halogens is 1. The Kier molecular flexibility index (Phi) is 5.28. The Morgan fingerprint density at radius 3 is 2.82 bits per heavy atom. The Hall–Kier alpha value is -1.23. The minimum Gasteiger partial charge on any atom is -0.396 e. The lowest BCUT2D eigenvalue weighted by atomic mass is 10.2. The summed E-state index contributed by atoms with van der Waals surface area (Å²) in [6.45, 7) is 4.21. The predicted octanol–water partition coefficient (Wildman–Crippen LogP) is 2.74. The second kappa shape index (κ2) is 6.49. The number of nitrogen functional groups attached to an aromatic ring is 1. The van der Waals surface area contributed by atoms with Crippen LogP contribution >= 0.6 is 11.8 Å². The average molecular weight is 256 g/mol. The molecule has 0 fully saturated rings. The van der Waals surface area contributed by atoms with E-state index in [4.69, 9.17) is 5.73 Å². The van der Waals surface area contributed by atoms with Crippen LogP contribution < -0.4 is 11.1 Å². The van der Waals surface area contributed by atoms with E-state index in [0.717, 1.165) is 5.75 Å². The van der Waals surface area contributed by atoms with Gasteiger partial charge in [0, 0.05) is 5.69 Å². The highest BCUT2D eigenvalue weighted by atomic mass is 32.2. The van der Waals surface area contributed by atoms with Gasteiger partial charge in [-0.15, -0.1) is 0 Å². The molecule has 0 heterocycles. The van der Waals surface area contributed by atoms with E-state index in [0.29, 0.717) is 17.4 Å². The molecule has 0 saturated heterocycles. The molecule has 0 aliphatic heterocycles. The summed E-state index contributed by atoms with van der Waals surface area (Å²) in [4.78, 5) is 11.5. The van der Waals surface area contributed by atoms with Gasteiger partial charge >= 0.3 is 0 Å². The minimum absolute atomic E-state index is 0.0395. The highest BCUT2D eigenvalue weighted by molar-refractivity contribution is 7.99. The molecule has 17 heavy (non-hydrogen) atoms. The van der Waals surface area contributed by atoms with E-state index in [9.17, 15) is 9.18 Å². The smallest absolute Gasteiger partial charge is 0.234 e. The zero-order valence-electron chi connectivity index (χ0n) is 10.00. The molecule has 0 aromatic heterocycles. The van der Waals surface area contributed by atoms with Gasteiger partial charge in [-0.05, 0) is 29.9 Å². The van der Waals surface area contributed by atoms with Crippen molar-refractivity contribution in [2.24, 2.45) is 5.92 Å². The van der Waals surface area contributed by atoms with Gasteiger partial charge in [-0.2, -0.15) is 11.8 Å². The number of hydrogen-bond acceptors (Lipinski definition) is 3. The fourth-order valence-electron chi connectivity index (χ4n) is 1.21. The zero-order valence-corrected chi connectivity index (χ0v) is 10.8. The normalized spacial score (nSPS) is 10.6. The first kappa shape index (κ1) is 13.8. The van der Waals surface area contributed by atoms with Gasteiger partial charge in [0.15, 0.2) is 0 Å². The molecule has 0 atom stereocenters. The van der Waals surface area contributed by atoms with Gasteiger partial charge in [-0.1, -0.05) is 13.8 Å². The first-order chi connectivity index (χ1) is 7.99. The topological polar surface area (TPSA) is 55.1 Å². The van der Waals surface area contributed by atoms with E-state index < -0.39 is 5.82 Å². The van der Waals surface area contributed by atoms with Crippen molar-refractivity contribution in [2.75, 3.05) is 22.6 Å². The lowest BCUT2D eigenvalue weighted by molar-refractivity contribution is -0.113. The number of hydrogen-bond donors (Lipinski definition) is 2. The summed E-state index contributed by atoms with van der Waals surface area (Å²) in [5.74, 6) is 1.34. The molecule has 0 bridgehead atoms. The monoisotopic (exact) mass is 256 g/mol. The number of benzene rings is 1. The molecule has 1 rings (SSSR count). The van der Waals surface area contributed by atoms with Gasteiger partial charge in [0.2, 0.25) is 5.91 Å². The summed E-state index contributed by atoms with van der Waals surface area (Å²) in [6.07, 6.45) is 0. The van der Waals surface area contributed by atoms with Gasteiger partial charge in [0.25, 0.3) is 0 Å². The Bertz CT molecular complexity index is 396. The first-order valence-corrected chi connectivity index (χ1v) is 6.57. The molecule has 1 amide bonds. The van der Waals surface area contributed by atoms with Crippen LogP contribution in [0.15, 0.2) is 18.2 Å². The number of nitrogens with one attached hydrogen (secondary N) is 1. The van der Waals surface area contributed by atoms with Crippen molar-refractivity contribution in [2.45, 2.75) is 13.8 Å².